The summed E-state index contributed by atoms with van der Waals surface area (Å²) in [7, 11) is 0. The molecule has 10 heteroatoms. The fourth-order valence-electron chi connectivity index (χ4n) is 5.38. The molecule has 192 valence electrons. The van der Waals surface area contributed by atoms with Crippen LogP contribution in [0.4, 0.5) is 15.9 Å². The quantitative estimate of drug-likeness (QED) is 0.294. The molecular weight excluding hydrogens is 491 g/mol. The van der Waals surface area contributed by atoms with Gasteiger partial charge in [-0.25, -0.2) is 19.6 Å². The highest BCUT2D eigenvalue weighted by atomic mass is 35.5. The number of nitrogens with one attached hydrogen (secondary N) is 2. The van der Waals surface area contributed by atoms with Crippen molar-refractivity contribution in [3.63, 3.8) is 0 Å². The number of aromatic nitrogens is 6. The number of hydrogen-bond acceptors (Lipinski definition) is 7. The maximum absolute atomic E-state index is 13.9. The van der Waals surface area contributed by atoms with Crippen LogP contribution in [0.3, 0.4) is 0 Å². The van der Waals surface area contributed by atoms with E-state index in [2.05, 4.69) is 56.7 Å². The molecule has 2 N–H and O–H groups in total. The maximum atomic E-state index is 13.9. The van der Waals surface area contributed by atoms with Crippen molar-refractivity contribution in [1.29, 1.82) is 0 Å². The number of rotatable bonds is 7. The zero-order valence-electron chi connectivity index (χ0n) is 21.4. The number of nitrogens with zero attached hydrogens (tertiary/aromatic N) is 6. The molecule has 3 fully saturated rings. The van der Waals surface area contributed by atoms with Crippen LogP contribution in [-0.4, -0.2) is 36.5 Å². The summed E-state index contributed by atoms with van der Waals surface area (Å²) in [6.07, 6.45) is 7.02. The normalized spacial score (nSPS) is 21.3. The number of anilines is 2. The molecule has 0 unspecified atom stereocenters. The summed E-state index contributed by atoms with van der Waals surface area (Å²) in [5.74, 6) is 1.03. The minimum Gasteiger partial charge on any atom is -0.373 e. The van der Waals surface area contributed by atoms with E-state index in [0.29, 0.717) is 16.2 Å². The first-order valence-corrected chi connectivity index (χ1v) is 13.0. The van der Waals surface area contributed by atoms with Gasteiger partial charge in [0.05, 0.1) is 28.3 Å². The highest BCUT2D eigenvalue weighted by molar-refractivity contribution is 6.35. The van der Waals surface area contributed by atoms with Gasteiger partial charge >= 0.3 is 0 Å². The molecule has 0 spiro atoms. The third-order valence-electron chi connectivity index (χ3n) is 7.49. The molecule has 0 amide bonds. The number of halogens is 2. The topological polar surface area (TPSA) is 93.4 Å². The van der Waals surface area contributed by atoms with Crippen molar-refractivity contribution in [1.82, 2.24) is 29.9 Å². The Morgan fingerprint density at radius 1 is 1.19 bits per heavy atom. The van der Waals surface area contributed by atoms with Crippen molar-refractivity contribution in [2.24, 2.45) is 11.3 Å². The molecule has 8 nitrogen and oxygen atoms in total. The molecule has 2 bridgehead atoms. The van der Waals surface area contributed by atoms with Gasteiger partial charge < -0.3 is 10.6 Å². The van der Waals surface area contributed by atoms with Gasteiger partial charge in [-0.1, -0.05) is 43.7 Å². The summed E-state index contributed by atoms with van der Waals surface area (Å²) < 4.78 is 15.9. The van der Waals surface area contributed by atoms with Gasteiger partial charge in [0, 0.05) is 28.9 Å². The number of fused-ring (bicyclic) bond motifs is 1. The second-order valence-electron chi connectivity index (χ2n) is 11.7. The van der Waals surface area contributed by atoms with Crippen LogP contribution < -0.4 is 10.6 Å². The molecule has 1 aromatic carbocycles. The molecular formula is C27H30ClFN8. The first-order valence-electron chi connectivity index (χ1n) is 12.6. The number of hydrogen-bond donors (Lipinski definition) is 2. The summed E-state index contributed by atoms with van der Waals surface area (Å²) in [4.78, 5) is 12.9. The van der Waals surface area contributed by atoms with Crippen molar-refractivity contribution in [3.05, 3.63) is 64.7 Å². The molecule has 0 radical (unpaired) electrons. The van der Waals surface area contributed by atoms with E-state index < -0.39 is 12.0 Å². The predicted molar refractivity (Wildman–Crippen MR) is 142 cm³/mol. The summed E-state index contributed by atoms with van der Waals surface area (Å²) in [6, 6.07) is 6.54. The molecule has 0 aliphatic heterocycles. The lowest BCUT2D eigenvalue weighted by molar-refractivity contribution is -0.0989. The summed E-state index contributed by atoms with van der Waals surface area (Å²) in [5, 5.41) is 17.4. The zero-order valence-corrected chi connectivity index (χ0v) is 22.1. The van der Waals surface area contributed by atoms with Crippen molar-refractivity contribution in [3.8, 4) is 0 Å². The average Bonchev–Trinajstić information content (AvgIpc) is 3.23. The Kier molecular flexibility index (Phi) is 5.60. The summed E-state index contributed by atoms with van der Waals surface area (Å²) >= 11 is 6.70. The molecule has 3 saturated carbocycles. The Morgan fingerprint density at radius 3 is 2.65 bits per heavy atom. The minimum atomic E-state index is -0.516. The second kappa shape index (κ2) is 8.62. The zero-order chi connectivity index (χ0) is 25.9. The lowest BCUT2D eigenvalue weighted by Crippen LogP contribution is -2.59. The third kappa shape index (κ3) is 4.39. The first kappa shape index (κ1) is 24.0. The minimum absolute atomic E-state index is 0.0708. The van der Waals surface area contributed by atoms with Gasteiger partial charge in [0.15, 0.2) is 0 Å². The van der Waals surface area contributed by atoms with Crippen LogP contribution in [0.25, 0.3) is 10.9 Å². The molecule has 3 heterocycles. The number of benzene rings is 1. The second-order valence-corrected chi connectivity index (χ2v) is 12.1. The monoisotopic (exact) mass is 520 g/mol. The Morgan fingerprint density at radius 2 is 1.97 bits per heavy atom. The van der Waals surface area contributed by atoms with Crippen molar-refractivity contribution in [2.45, 2.75) is 58.5 Å². The van der Waals surface area contributed by atoms with Crippen LogP contribution in [0.15, 0.2) is 36.8 Å². The van der Waals surface area contributed by atoms with Gasteiger partial charge in [-0.3, -0.25) is 0 Å². The molecule has 1 atom stereocenters. The van der Waals surface area contributed by atoms with Crippen LogP contribution in [-0.2, 0) is 5.54 Å². The molecule has 7 rings (SSSR count). The van der Waals surface area contributed by atoms with Gasteiger partial charge in [-0.2, -0.15) is 4.39 Å². The van der Waals surface area contributed by atoms with Crippen molar-refractivity contribution in [2.75, 3.05) is 17.2 Å². The van der Waals surface area contributed by atoms with E-state index in [1.807, 2.05) is 23.0 Å². The molecule has 3 aliphatic rings. The SMILES string of the molecule is Cc1nc(F)ccc1[C@H](Nc1cc(Cl)c2ncnc(NCC(C)(C)C)c2c1)c1cn(C23CC(C2)C3)nn1. The maximum Gasteiger partial charge on any atom is 0.213 e. The lowest BCUT2D eigenvalue weighted by Gasteiger charge is -2.61. The Hall–Kier alpha value is -3.33. The van der Waals surface area contributed by atoms with E-state index in [-0.39, 0.29) is 11.0 Å². The van der Waals surface area contributed by atoms with E-state index >= 15 is 0 Å². The van der Waals surface area contributed by atoms with Gasteiger partial charge in [0.1, 0.15) is 17.8 Å². The number of pyridine rings is 1. The third-order valence-corrected chi connectivity index (χ3v) is 7.78. The van der Waals surface area contributed by atoms with Crippen molar-refractivity contribution < 1.29 is 4.39 Å². The molecule has 0 saturated heterocycles. The number of aryl methyl sites for hydroxylation is 1. The highest BCUT2D eigenvalue weighted by Crippen LogP contribution is 2.62. The van der Waals surface area contributed by atoms with E-state index in [0.717, 1.165) is 59.9 Å². The van der Waals surface area contributed by atoms with Crippen molar-refractivity contribution >= 4 is 34.0 Å². The highest BCUT2D eigenvalue weighted by Gasteiger charge is 2.58. The fourth-order valence-corrected chi connectivity index (χ4v) is 5.64. The average molecular weight is 521 g/mol. The van der Waals surface area contributed by atoms with E-state index in [4.69, 9.17) is 11.6 Å². The lowest BCUT2D eigenvalue weighted by atomic mass is 9.50. The summed E-state index contributed by atoms with van der Waals surface area (Å²) in [6.45, 7) is 9.02. The largest absolute Gasteiger partial charge is 0.373 e. The smallest absolute Gasteiger partial charge is 0.213 e. The standard InChI is InChI=1S/C27H30ClFN8/c1-15-18(5-6-22(29)33-15)24(21-12-37(36-35-21)27-9-16(10-27)11-27)34-17-7-19-23(20(28)8-17)31-14-32-25(19)30-13-26(2,3)4/h5-8,12,14,16,24,34H,9-11,13H2,1-4H3,(H,30,31,32)/t16?,24-,27?/m0/s1. The van der Waals surface area contributed by atoms with E-state index in [1.165, 1.54) is 12.4 Å². The molecule has 37 heavy (non-hydrogen) atoms. The first-order chi connectivity index (χ1) is 17.6. The van der Waals surface area contributed by atoms with E-state index in [9.17, 15) is 4.39 Å². The van der Waals surface area contributed by atoms with Gasteiger partial charge in [0.2, 0.25) is 5.95 Å². The van der Waals surface area contributed by atoms with Crippen LogP contribution >= 0.6 is 11.6 Å². The van der Waals surface area contributed by atoms with Gasteiger partial charge in [0.25, 0.3) is 0 Å². The van der Waals surface area contributed by atoms with Crippen LogP contribution in [0.1, 0.15) is 63.0 Å². The van der Waals surface area contributed by atoms with E-state index in [1.54, 1.807) is 13.0 Å². The van der Waals surface area contributed by atoms with Crippen LogP contribution in [0, 0.1) is 24.2 Å². The van der Waals surface area contributed by atoms with Gasteiger partial charge in [-0.05, 0) is 55.7 Å². The van der Waals surface area contributed by atoms with Crippen LogP contribution in [0.2, 0.25) is 5.02 Å². The van der Waals surface area contributed by atoms with Crippen LogP contribution in [0.5, 0.6) is 0 Å². The molecule has 3 aliphatic carbocycles. The van der Waals surface area contributed by atoms with Gasteiger partial charge in [-0.15, -0.1) is 5.10 Å². The Balaban J connectivity index is 1.39. The Bertz CT molecular complexity index is 1480. The molecule has 4 aromatic rings. The fraction of sp³-hybridized carbons (Fsp3) is 0.444. The predicted octanol–water partition coefficient (Wildman–Crippen LogP) is 5.89. The Labute approximate surface area is 220 Å². The summed E-state index contributed by atoms with van der Waals surface area (Å²) in [5.41, 5.74) is 3.77. The molecule has 3 aromatic heterocycles.